The first-order valence-corrected chi connectivity index (χ1v) is 8.86. The van der Waals surface area contributed by atoms with Gasteiger partial charge in [0.1, 0.15) is 0 Å². The molecule has 0 saturated heterocycles. The predicted molar refractivity (Wildman–Crippen MR) is 120 cm³/mol. The smallest absolute Gasteiger partial charge is 0.251 e. The van der Waals surface area contributed by atoms with Crippen molar-refractivity contribution in [3.8, 4) is 0 Å². The van der Waals surface area contributed by atoms with Crippen LogP contribution in [-0.4, -0.2) is 29.9 Å². The second-order valence-electron chi connectivity index (χ2n) is 6.08. The number of amides is 1. The molecule has 146 valence electrons. The Kier molecular flexibility index (Phi) is 10.4. The summed E-state index contributed by atoms with van der Waals surface area (Å²) < 4.78 is 0. The van der Waals surface area contributed by atoms with E-state index in [1.165, 1.54) is 0 Å². The summed E-state index contributed by atoms with van der Waals surface area (Å²) >= 11 is 0. The molecule has 0 bridgehead atoms. The van der Waals surface area contributed by atoms with Crippen molar-refractivity contribution in [2.24, 2.45) is 4.99 Å². The van der Waals surface area contributed by atoms with E-state index in [0.717, 1.165) is 17.7 Å². The van der Waals surface area contributed by atoms with Crippen molar-refractivity contribution >= 4 is 35.8 Å². The van der Waals surface area contributed by atoms with E-state index in [0.29, 0.717) is 24.6 Å². The van der Waals surface area contributed by atoms with Gasteiger partial charge in [-0.3, -0.25) is 14.8 Å². The van der Waals surface area contributed by atoms with Crippen LogP contribution >= 0.6 is 24.0 Å². The van der Waals surface area contributed by atoms with Gasteiger partial charge in [-0.1, -0.05) is 25.1 Å². The lowest BCUT2D eigenvalue weighted by Gasteiger charge is -2.13. The molecule has 1 heterocycles. The number of pyridine rings is 1. The van der Waals surface area contributed by atoms with Crippen LogP contribution in [0.4, 0.5) is 0 Å². The van der Waals surface area contributed by atoms with Gasteiger partial charge >= 0.3 is 0 Å². The van der Waals surface area contributed by atoms with Crippen molar-refractivity contribution in [3.05, 3.63) is 65.5 Å². The maximum Gasteiger partial charge on any atom is 0.251 e. The first kappa shape index (κ1) is 22.9. The molecule has 0 radical (unpaired) electrons. The van der Waals surface area contributed by atoms with E-state index in [1.807, 2.05) is 49.4 Å². The minimum absolute atomic E-state index is 0. The van der Waals surface area contributed by atoms with Crippen molar-refractivity contribution in [1.29, 1.82) is 0 Å². The zero-order valence-electron chi connectivity index (χ0n) is 16.0. The number of carbonyl (C=O) groups excluding carboxylic acids is 1. The number of rotatable bonds is 7. The van der Waals surface area contributed by atoms with Crippen molar-refractivity contribution in [2.75, 3.05) is 7.05 Å². The van der Waals surface area contributed by atoms with E-state index in [-0.39, 0.29) is 35.9 Å². The van der Waals surface area contributed by atoms with Gasteiger partial charge in [-0.25, -0.2) is 0 Å². The van der Waals surface area contributed by atoms with Crippen LogP contribution < -0.4 is 16.0 Å². The molecular formula is C20H28IN5O. The topological polar surface area (TPSA) is 78.4 Å². The maximum atomic E-state index is 12.2. The number of guanidine groups is 1. The lowest BCUT2D eigenvalue weighted by molar-refractivity contribution is 0.0939. The van der Waals surface area contributed by atoms with E-state index >= 15 is 0 Å². The summed E-state index contributed by atoms with van der Waals surface area (Å²) in [5, 5.41) is 9.46. The van der Waals surface area contributed by atoms with Crippen LogP contribution in [0.25, 0.3) is 0 Å². The third-order valence-corrected chi connectivity index (χ3v) is 4.03. The Morgan fingerprint density at radius 1 is 1.15 bits per heavy atom. The Bertz CT molecular complexity index is 736. The number of nitrogens with one attached hydrogen (secondary N) is 3. The summed E-state index contributed by atoms with van der Waals surface area (Å²) in [4.78, 5) is 20.7. The molecule has 0 aliphatic rings. The average Bonchev–Trinajstić information content (AvgIpc) is 2.69. The number of nitrogens with zero attached hydrogens (tertiary/aromatic N) is 2. The fraction of sp³-hybridized carbons (Fsp3) is 0.350. The average molecular weight is 481 g/mol. The quantitative estimate of drug-likeness (QED) is 0.323. The molecule has 1 aromatic heterocycles. The molecule has 2 aromatic rings. The minimum Gasteiger partial charge on any atom is -0.352 e. The molecule has 2 rings (SSSR count). The summed E-state index contributed by atoms with van der Waals surface area (Å²) in [6, 6.07) is 13.6. The fourth-order valence-corrected chi connectivity index (χ4v) is 2.32. The zero-order chi connectivity index (χ0) is 18.8. The molecule has 1 aromatic carbocycles. The highest BCUT2D eigenvalue weighted by atomic mass is 127. The molecular weight excluding hydrogens is 453 g/mol. The number of aliphatic imine (C=N–C) groups is 1. The summed E-state index contributed by atoms with van der Waals surface area (Å²) in [5.41, 5.74) is 2.63. The molecule has 3 N–H and O–H groups in total. The van der Waals surface area contributed by atoms with E-state index in [2.05, 4.69) is 32.9 Å². The van der Waals surface area contributed by atoms with Gasteiger partial charge < -0.3 is 16.0 Å². The third kappa shape index (κ3) is 7.94. The summed E-state index contributed by atoms with van der Waals surface area (Å²) in [5.74, 6) is 0.643. The van der Waals surface area contributed by atoms with Crippen molar-refractivity contribution in [2.45, 2.75) is 39.4 Å². The molecule has 1 atom stereocenters. The second-order valence-corrected chi connectivity index (χ2v) is 6.08. The van der Waals surface area contributed by atoms with Crippen LogP contribution in [0.3, 0.4) is 0 Å². The standard InChI is InChI=1S/C20H27N5O.HI/c1-4-15(2)25-19(26)17-9-7-8-16(12-17)13-23-20(21-3)24-14-18-10-5-6-11-22-18;/h5-12,15H,4,13-14H2,1-3H3,(H,25,26)(H2,21,23,24);1H. The summed E-state index contributed by atoms with van der Waals surface area (Å²) in [6.07, 6.45) is 2.67. The first-order chi connectivity index (χ1) is 12.6. The molecule has 27 heavy (non-hydrogen) atoms. The Hall–Kier alpha value is -2.16. The number of halogens is 1. The summed E-state index contributed by atoms with van der Waals surface area (Å²) in [6.45, 7) is 5.22. The number of hydrogen-bond donors (Lipinski definition) is 3. The van der Waals surface area contributed by atoms with Gasteiger partial charge in [-0.2, -0.15) is 0 Å². The largest absolute Gasteiger partial charge is 0.352 e. The molecule has 1 amide bonds. The van der Waals surface area contributed by atoms with Crippen molar-refractivity contribution in [1.82, 2.24) is 20.9 Å². The maximum absolute atomic E-state index is 12.2. The fourth-order valence-electron chi connectivity index (χ4n) is 2.32. The van der Waals surface area contributed by atoms with E-state index in [1.54, 1.807) is 13.2 Å². The molecule has 0 fully saturated rings. The Morgan fingerprint density at radius 3 is 2.59 bits per heavy atom. The second kappa shape index (κ2) is 12.3. The highest BCUT2D eigenvalue weighted by Gasteiger charge is 2.09. The van der Waals surface area contributed by atoms with Gasteiger partial charge in [0, 0.05) is 31.4 Å². The highest BCUT2D eigenvalue weighted by molar-refractivity contribution is 14.0. The number of carbonyl (C=O) groups is 1. The lowest BCUT2D eigenvalue weighted by atomic mass is 10.1. The zero-order valence-corrected chi connectivity index (χ0v) is 18.4. The first-order valence-electron chi connectivity index (χ1n) is 8.86. The molecule has 7 heteroatoms. The van der Waals surface area contributed by atoms with Gasteiger partial charge in [0.25, 0.3) is 5.91 Å². The van der Waals surface area contributed by atoms with Crippen molar-refractivity contribution < 1.29 is 4.79 Å². The lowest BCUT2D eigenvalue weighted by Crippen LogP contribution is -2.36. The van der Waals surface area contributed by atoms with Crippen LogP contribution in [0.1, 0.15) is 41.9 Å². The van der Waals surface area contributed by atoms with Gasteiger partial charge in [-0.15, -0.1) is 24.0 Å². The van der Waals surface area contributed by atoms with E-state index < -0.39 is 0 Å². The molecule has 0 aliphatic carbocycles. The normalized spacial score (nSPS) is 11.9. The number of aromatic nitrogens is 1. The molecule has 0 aliphatic heterocycles. The number of hydrogen-bond acceptors (Lipinski definition) is 3. The third-order valence-electron chi connectivity index (χ3n) is 4.03. The minimum atomic E-state index is -0.0427. The van der Waals surface area contributed by atoms with Crippen LogP contribution in [0, 0.1) is 0 Å². The summed E-state index contributed by atoms with van der Waals surface area (Å²) in [7, 11) is 1.73. The van der Waals surface area contributed by atoms with Gasteiger partial charge in [-0.05, 0) is 43.2 Å². The van der Waals surface area contributed by atoms with Gasteiger partial charge in [0.05, 0.1) is 12.2 Å². The highest BCUT2D eigenvalue weighted by Crippen LogP contribution is 2.06. The molecule has 6 nitrogen and oxygen atoms in total. The molecule has 1 unspecified atom stereocenters. The predicted octanol–water partition coefficient (Wildman–Crippen LogP) is 3.09. The Morgan fingerprint density at radius 2 is 1.93 bits per heavy atom. The van der Waals surface area contributed by atoms with Gasteiger partial charge in [0.2, 0.25) is 0 Å². The SMILES string of the molecule is CCC(C)NC(=O)c1cccc(CNC(=NC)NCc2ccccn2)c1.I. The number of benzene rings is 1. The van der Waals surface area contributed by atoms with Crippen LogP contribution in [0.2, 0.25) is 0 Å². The van der Waals surface area contributed by atoms with Crippen LogP contribution in [0.5, 0.6) is 0 Å². The van der Waals surface area contributed by atoms with Crippen LogP contribution in [0.15, 0.2) is 53.7 Å². The van der Waals surface area contributed by atoms with Crippen molar-refractivity contribution in [3.63, 3.8) is 0 Å². The molecule has 0 saturated carbocycles. The van der Waals surface area contributed by atoms with Crippen LogP contribution in [-0.2, 0) is 13.1 Å². The Balaban J connectivity index is 0.00000364. The Labute approximate surface area is 178 Å². The van der Waals surface area contributed by atoms with Gasteiger partial charge in [0.15, 0.2) is 5.96 Å². The molecule has 0 spiro atoms. The van der Waals surface area contributed by atoms with E-state index in [4.69, 9.17) is 0 Å². The monoisotopic (exact) mass is 481 g/mol. The van der Waals surface area contributed by atoms with E-state index in [9.17, 15) is 4.79 Å².